The van der Waals surface area contributed by atoms with Crippen LogP contribution in [0.5, 0.6) is 0 Å². The van der Waals surface area contributed by atoms with Gasteiger partial charge in [0.15, 0.2) is 5.78 Å². The van der Waals surface area contributed by atoms with Crippen LogP contribution in [0.2, 0.25) is 0 Å². The van der Waals surface area contributed by atoms with Crippen LogP contribution in [0.1, 0.15) is 23.2 Å². The number of carbonyl (C=O) groups excluding carboxylic acids is 2. The van der Waals surface area contributed by atoms with Gasteiger partial charge in [-0.3, -0.25) is 9.59 Å². The predicted molar refractivity (Wildman–Crippen MR) is 88.7 cm³/mol. The lowest BCUT2D eigenvalue weighted by molar-refractivity contribution is -0.118. The van der Waals surface area contributed by atoms with E-state index in [1.807, 2.05) is 24.5 Å². The molecule has 3 unspecified atom stereocenters. The number of benzene rings is 1. The number of amides is 1. The van der Waals surface area contributed by atoms with Crippen molar-refractivity contribution in [2.45, 2.75) is 24.1 Å². The van der Waals surface area contributed by atoms with Gasteiger partial charge in [-0.2, -0.15) is 11.8 Å². The normalized spacial score (nSPS) is 15.2. The van der Waals surface area contributed by atoms with Crippen LogP contribution in [0.15, 0.2) is 30.3 Å². The first-order valence-electron chi connectivity index (χ1n) is 6.73. The van der Waals surface area contributed by atoms with E-state index < -0.39 is 17.9 Å². The van der Waals surface area contributed by atoms with Gasteiger partial charge < -0.3 is 11.5 Å². The summed E-state index contributed by atoms with van der Waals surface area (Å²) in [4.78, 5) is 23.8. The second kappa shape index (κ2) is 9.07. The molecule has 0 radical (unpaired) electrons. The molecule has 6 heteroatoms. The van der Waals surface area contributed by atoms with Crippen molar-refractivity contribution in [3.05, 3.63) is 35.9 Å². The van der Waals surface area contributed by atoms with Crippen molar-refractivity contribution in [3.63, 3.8) is 0 Å². The van der Waals surface area contributed by atoms with Crippen LogP contribution in [0.25, 0.3) is 0 Å². The van der Waals surface area contributed by atoms with Crippen molar-refractivity contribution in [2.75, 3.05) is 12.1 Å². The van der Waals surface area contributed by atoms with E-state index in [1.54, 1.807) is 12.1 Å². The molecule has 1 amide bonds. The molecular weight excluding hydrogens is 308 g/mol. The van der Waals surface area contributed by atoms with E-state index in [0.29, 0.717) is 17.9 Å². The monoisotopic (exact) mass is 328 g/mol. The van der Waals surface area contributed by atoms with Gasteiger partial charge in [-0.25, -0.2) is 0 Å². The molecule has 0 heterocycles. The van der Waals surface area contributed by atoms with Crippen molar-refractivity contribution in [3.8, 4) is 0 Å². The first-order valence-corrected chi connectivity index (χ1v) is 8.55. The topological polar surface area (TPSA) is 86.2 Å². The summed E-state index contributed by atoms with van der Waals surface area (Å²) >= 11 is 7.27. The third-order valence-electron chi connectivity index (χ3n) is 3.41. The fourth-order valence-corrected chi connectivity index (χ4v) is 3.34. The third-order valence-corrected chi connectivity index (χ3v) is 4.72. The van der Waals surface area contributed by atoms with Crippen molar-refractivity contribution in [1.82, 2.24) is 0 Å². The van der Waals surface area contributed by atoms with Gasteiger partial charge in [-0.05, 0) is 12.7 Å². The van der Waals surface area contributed by atoms with Crippen LogP contribution in [-0.4, -0.2) is 35.1 Å². The van der Waals surface area contributed by atoms with Crippen LogP contribution in [-0.2, 0) is 4.79 Å². The molecule has 0 aliphatic carbocycles. The van der Waals surface area contributed by atoms with E-state index in [4.69, 9.17) is 23.1 Å². The zero-order valence-corrected chi connectivity index (χ0v) is 13.6. The van der Waals surface area contributed by atoms with Gasteiger partial charge in [0, 0.05) is 35.1 Å². The Kier molecular flexibility index (Phi) is 7.78. The Hall–Kier alpha value is -1.04. The van der Waals surface area contributed by atoms with E-state index in [0.717, 1.165) is 0 Å². The average Bonchev–Trinajstić information content (AvgIpc) is 2.49. The standard InChI is InChI=1S/C15H21ClN2O2S/c1-21-12(9-13(17)19)14(18)11(7-8-16)15(20)10-5-3-2-4-6-10/h2-6,11-12,14H,7-9,18H2,1H3,(H2,17,19). The summed E-state index contributed by atoms with van der Waals surface area (Å²) in [6.45, 7) is 0. The molecule has 0 fully saturated rings. The SMILES string of the molecule is CSC(CC(N)=O)C(N)C(CCCl)C(=O)c1ccccc1. The van der Waals surface area contributed by atoms with E-state index in [1.165, 1.54) is 11.8 Å². The van der Waals surface area contributed by atoms with Crippen molar-refractivity contribution >= 4 is 35.1 Å². The number of primary amides is 1. The van der Waals surface area contributed by atoms with E-state index in [2.05, 4.69) is 0 Å². The predicted octanol–water partition coefficient (Wildman–Crippen LogP) is 2.05. The summed E-state index contributed by atoms with van der Waals surface area (Å²) in [7, 11) is 0. The summed E-state index contributed by atoms with van der Waals surface area (Å²) in [6, 6.07) is 8.54. The first kappa shape index (κ1) is 18.0. The fraction of sp³-hybridized carbons (Fsp3) is 0.467. The summed E-state index contributed by atoms with van der Waals surface area (Å²) in [6.07, 6.45) is 2.49. The number of carbonyl (C=O) groups is 2. The Morgan fingerprint density at radius 3 is 2.38 bits per heavy atom. The van der Waals surface area contributed by atoms with Crippen molar-refractivity contribution < 1.29 is 9.59 Å². The summed E-state index contributed by atoms with van der Waals surface area (Å²) in [5.41, 5.74) is 12.1. The smallest absolute Gasteiger partial charge is 0.218 e. The Labute approximate surface area is 134 Å². The summed E-state index contributed by atoms with van der Waals surface area (Å²) in [5.74, 6) is -0.523. The van der Waals surface area contributed by atoms with E-state index in [9.17, 15) is 9.59 Å². The first-order chi connectivity index (χ1) is 10.0. The molecule has 116 valence electrons. The number of thioether (sulfide) groups is 1. The highest BCUT2D eigenvalue weighted by Crippen LogP contribution is 2.25. The zero-order valence-electron chi connectivity index (χ0n) is 12.0. The minimum absolute atomic E-state index is 0.0349. The van der Waals surface area contributed by atoms with Crippen molar-refractivity contribution in [1.29, 1.82) is 0 Å². The number of nitrogens with two attached hydrogens (primary N) is 2. The molecule has 4 N–H and O–H groups in total. The third kappa shape index (κ3) is 5.34. The van der Waals surface area contributed by atoms with Crippen LogP contribution in [0.3, 0.4) is 0 Å². The van der Waals surface area contributed by atoms with Crippen LogP contribution >= 0.6 is 23.4 Å². The van der Waals surface area contributed by atoms with E-state index >= 15 is 0 Å². The largest absolute Gasteiger partial charge is 0.370 e. The Balaban J connectivity index is 2.93. The molecule has 0 spiro atoms. The van der Waals surface area contributed by atoms with Crippen molar-refractivity contribution in [2.24, 2.45) is 17.4 Å². The lowest BCUT2D eigenvalue weighted by atomic mass is 9.86. The Bertz CT molecular complexity index is 470. The van der Waals surface area contributed by atoms with Gasteiger partial charge in [0.05, 0.1) is 0 Å². The minimum atomic E-state index is -0.459. The number of Topliss-reactive ketones (excluding diaryl/α,β-unsaturated/α-hetero) is 1. The number of hydrogen-bond acceptors (Lipinski definition) is 4. The fourth-order valence-electron chi connectivity index (χ4n) is 2.27. The van der Waals surface area contributed by atoms with Gasteiger partial charge in [0.2, 0.25) is 5.91 Å². The highest BCUT2D eigenvalue weighted by atomic mass is 35.5. The number of alkyl halides is 1. The van der Waals surface area contributed by atoms with Crippen LogP contribution < -0.4 is 11.5 Å². The molecule has 0 saturated carbocycles. The molecule has 0 aromatic heterocycles. The lowest BCUT2D eigenvalue weighted by Crippen LogP contribution is -2.45. The Morgan fingerprint density at radius 2 is 1.90 bits per heavy atom. The molecule has 0 aliphatic heterocycles. The number of hydrogen-bond donors (Lipinski definition) is 2. The molecule has 3 atom stereocenters. The number of ketones is 1. The minimum Gasteiger partial charge on any atom is -0.370 e. The number of rotatable bonds is 9. The molecule has 21 heavy (non-hydrogen) atoms. The molecule has 1 aromatic rings. The van der Waals surface area contributed by atoms with Gasteiger partial charge >= 0.3 is 0 Å². The zero-order chi connectivity index (χ0) is 15.8. The molecule has 1 rings (SSSR count). The van der Waals surface area contributed by atoms with E-state index in [-0.39, 0.29) is 17.5 Å². The highest BCUT2D eigenvalue weighted by molar-refractivity contribution is 7.99. The maximum atomic E-state index is 12.6. The van der Waals surface area contributed by atoms with Crippen LogP contribution in [0, 0.1) is 5.92 Å². The van der Waals surface area contributed by atoms with Gasteiger partial charge in [0.25, 0.3) is 0 Å². The lowest BCUT2D eigenvalue weighted by Gasteiger charge is -2.28. The molecule has 0 aliphatic rings. The maximum absolute atomic E-state index is 12.6. The molecule has 0 bridgehead atoms. The Morgan fingerprint density at radius 1 is 1.29 bits per heavy atom. The highest BCUT2D eigenvalue weighted by Gasteiger charge is 2.32. The molecular formula is C15H21ClN2O2S. The number of halogens is 1. The molecule has 4 nitrogen and oxygen atoms in total. The quantitative estimate of drug-likeness (QED) is 0.536. The van der Waals surface area contributed by atoms with Gasteiger partial charge in [-0.15, -0.1) is 11.6 Å². The summed E-state index contributed by atoms with van der Waals surface area (Å²) < 4.78 is 0. The second-order valence-corrected chi connectivity index (χ2v) is 6.29. The van der Waals surface area contributed by atoms with Crippen LogP contribution in [0.4, 0.5) is 0 Å². The van der Waals surface area contributed by atoms with Gasteiger partial charge in [-0.1, -0.05) is 30.3 Å². The van der Waals surface area contributed by atoms with Gasteiger partial charge in [0.1, 0.15) is 0 Å². The molecule has 0 saturated heterocycles. The average molecular weight is 329 g/mol. The summed E-state index contributed by atoms with van der Waals surface area (Å²) in [5, 5.41) is -0.191. The second-order valence-electron chi connectivity index (χ2n) is 4.84. The molecule has 1 aromatic carbocycles. The maximum Gasteiger partial charge on any atom is 0.218 e.